The molecule has 2 aliphatic rings. The standard InChI is InChI=1S/C29H40N6O2/c1-10-22-24-20(26(36)30-15-21-17(4)11-18(5)31-27(21)37)12-23(32-25(24)35(33-22)16(2)3)19-13-28(6,7)34-29(8,9)14-19/h11-13,16,21,34H,10,14-15H2,1-9H3,(H,30,36). The van der Waals surface area contributed by atoms with Crippen molar-refractivity contribution in [1.82, 2.24) is 25.4 Å². The van der Waals surface area contributed by atoms with Crippen molar-refractivity contribution in [1.29, 1.82) is 0 Å². The number of aryl methyl sites for hydroxylation is 1. The molecular formula is C29H40N6O2. The fraction of sp³-hybridized carbons (Fsp3) is 0.552. The van der Waals surface area contributed by atoms with Gasteiger partial charge in [-0.25, -0.2) is 14.7 Å². The summed E-state index contributed by atoms with van der Waals surface area (Å²) in [5, 5.41) is 12.3. The van der Waals surface area contributed by atoms with E-state index in [2.05, 4.69) is 63.2 Å². The highest BCUT2D eigenvalue weighted by molar-refractivity contribution is 6.08. The van der Waals surface area contributed by atoms with E-state index >= 15 is 0 Å². The summed E-state index contributed by atoms with van der Waals surface area (Å²) in [4.78, 5) is 35.4. The molecule has 4 heterocycles. The Labute approximate surface area is 219 Å². The number of dihydropyridines is 1. The zero-order chi connectivity index (χ0) is 27.3. The van der Waals surface area contributed by atoms with Crippen LogP contribution < -0.4 is 10.6 Å². The molecule has 8 nitrogen and oxygen atoms in total. The quantitative estimate of drug-likeness (QED) is 0.588. The minimum absolute atomic E-state index is 0.0880. The first-order chi connectivity index (χ1) is 17.2. The lowest BCUT2D eigenvalue weighted by Gasteiger charge is -2.41. The third-order valence-electron chi connectivity index (χ3n) is 7.00. The molecule has 8 heteroatoms. The number of aliphatic imine (C=N–C) groups is 1. The van der Waals surface area contributed by atoms with Crippen molar-refractivity contribution < 1.29 is 9.59 Å². The normalized spacial score (nSPS) is 21.1. The molecule has 0 bridgehead atoms. The second-order valence-corrected chi connectivity index (χ2v) is 11.9. The largest absolute Gasteiger partial charge is 0.351 e. The minimum Gasteiger partial charge on any atom is -0.351 e. The SMILES string of the molecule is CCc1nn(C(C)C)c2nc(C3=CC(C)(C)NC(C)(C)C3)cc(C(=O)NCC3C(=O)N=C(C)C=C3C)c12. The average molecular weight is 505 g/mol. The summed E-state index contributed by atoms with van der Waals surface area (Å²) < 4.78 is 1.92. The molecule has 0 spiro atoms. The Balaban J connectivity index is 1.81. The Hall–Kier alpha value is -3.13. The van der Waals surface area contributed by atoms with Crippen LogP contribution in [0.3, 0.4) is 0 Å². The number of aromatic nitrogens is 3. The van der Waals surface area contributed by atoms with Crippen LogP contribution in [0.2, 0.25) is 0 Å². The molecule has 2 aliphatic heterocycles. The van der Waals surface area contributed by atoms with Gasteiger partial charge >= 0.3 is 0 Å². The Bertz CT molecular complexity index is 1360. The summed E-state index contributed by atoms with van der Waals surface area (Å²) in [7, 11) is 0. The highest BCUT2D eigenvalue weighted by atomic mass is 16.2. The summed E-state index contributed by atoms with van der Waals surface area (Å²) in [6.07, 6.45) is 5.57. The predicted molar refractivity (Wildman–Crippen MR) is 149 cm³/mol. The van der Waals surface area contributed by atoms with E-state index in [1.165, 1.54) is 0 Å². The molecule has 0 fully saturated rings. The van der Waals surface area contributed by atoms with Crippen LogP contribution >= 0.6 is 0 Å². The maximum absolute atomic E-state index is 13.7. The summed E-state index contributed by atoms with van der Waals surface area (Å²) in [6, 6.07) is 1.99. The third-order valence-corrected chi connectivity index (χ3v) is 7.00. The molecule has 2 N–H and O–H groups in total. The van der Waals surface area contributed by atoms with Gasteiger partial charge in [0.15, 0.2) is 5.65 Å². The van der Waals surface area contributed by atoms with Gasteiger partial charge in [0.25, 0.3) is 11.8 Å². The number of hydrogen-bond acceptors (Lipinski definition) is 5. The molecule has 198 valence electrons. The monoisotopic (exact) mass is 504 g/mol. The van der Waals surface area contributed by atoms with Crippen molar-refractivity contribution in [3.63, 3.8) is 0 Å². The highest BCUT2D eigenvalue weighted by Crippen LogP contribution is 2.35. The second-order valence-electron chi connectivity index (χ2n) is 11.9. The van der Waals surface area contributed by atoms with Gasteiger partial charge in [-0.2, -0.15) is 5.10 Å². The first-order valence-corrected chi connectivity index (χ1v) is 13.2. The predicted octanol–water partition coefficient (Wildman–Crippen LogP) is 4.80. The Morgan fingerprint density at radius 2 is 1.95 bits per heavy atom. The minimum atomic E-state index is -0.456. The Morgan fingerprint density at radius 1 is 1.24 bits per heavy atom. The molecule has 0 aliphatic carbocycles. The molecule has 4 rings (SSSR count). The smallest absolute Gasteiger partial charge is 0.254 e. The third kappa shape index (κ3) is 5.44. The Morgan fingerprint density at radius 3 is 2.54 bits per heavy atom. The fourth-order valence-corrected chi connectivity index (χ4v) is 5.69. The van der Waals surface area contributed by atoms with Gasteiger partial charge in [-0.05, 0) is 85.9 Å². The highest BCUT2D eigenvalue weighted by Gasteiger charge is 2.34. The van der Waals surface area contributed by atoms with Crippen LogP contribution in [0, 0.1) is 5.92 Å². The lowest BCUT2D eigenvalue weighted by atomic mass is 9.82. The topological polar surface area (TPSA) is 101 Å². The molecule has 1 unspecified atom stereocenters. The molecule has 37 heavy (non-hydrogen) atoms. The van der Waals surface area contributed by atoms with E-state index in [4.69, 9.17) is 10.1 Å². The number of fused-ring (bicyclic) bond motifs is 1. The van der Waals surface area contributed by atoms with E-state index < -0.39 is 5.92 Å². The second kappa shape index (κ2) is 9.63. The van der Waals surface area contributed by atoms with Crippen LogP contribution in [0.15, 0.2) is 28.8 Å². The van der Waals surface area contributed by atoms with E-state index in [-0.39, 0.29) is 35.5 Å². The molecule has 0 saturated carbocycles. The van der Waals surface area contributed by atoms with E-state index in [0.29, 0.717) is 17.7 Å². The summed E-state index contributed by atoms with van der Waals surface area (Å²) in [5.41, 5.74) is 5.26. The number of rotatable bonds is 6. The van der Waals surface area contributed by atoms with Crippen LogP contribution in [-0.2, 0) is 11.2 Å². The lowest BCUT2D eigenvalue weighted by molar-refractivity contribution is -0.120. The first kappa shape index (κ1) is 26.9. The number of amides is 2. The van der Waals surface area contributed by atoms with Gasteiger partial charge in [-0.3, -0.25) is 9.59 Å². The van der Waals surface area contributed by atoms with Crippen LogP contribution in [0.25, 0.3) is 16.6 Å². The van der Waals surface area contributed by atoms with Crippen molar-refractivity contribution in [3.05, 3.63) is 40.7 Å². The number of carbonyl (C=O) groups excluding carboxylic acids is 2. The van der Waals surface area contributed by atoms with E-state index in [1.54, 1.807) is 0 Å². The fourth-order valence-electron chi connectivity index (χ4n) is 5.69. The zero-order valence-electron chi connectivity index (χ0n) is 23.6. The molecule has 1 atom stereocenters. The van der Waals surface area contributed by atoms with Crippen molar-refractivity contribution in [2.24, 2.45) is 10.9 Å². The molecule has 2 aromatic rings. The number of pyridine rings is 1. The number of hydrogen-bond donors (Lipinski definition) is 2. The van der Waals surface area contributed by atoms with Gasteiger partial charge in [-0.15, -0.1) is 0 Å². The lowest BCUT2D eigenvalue weighted by Crippen LogP contribution is -2.53. The van der Waals surface area contributed by atoms with Crippen molar-refractivity contribution >= 4 is 34.1 Å². The summed E-state index contributed by atoms with van der Waals surface area (Å²) in [5.74, 6) is -0.904. The van der Waals surface area contributed by atoms with Crippen LogP contribution in [0.4, 0.5) is 0 Å². The number of nitrogens with zero attached hydrogens (tertiary/aromatic N) is 4. The molecular weight excluding hydrogens is 464 g/mol. The van der Waals surface area contributed by atoms with Crippen LogP contribution in [-0.4, -0.2) is 49.9 Å². The molecule has 0 aromatic carbocycles. The summed E-state index contributed by atoms with van der Waals surface area (Å²) >= 11 is 0. The van der Waals surface area contributed by atoms with Crippen molar-refractivity contribution in [2.75, 3.05) is 6.54 Å². The zero-order valence-corrected chi connectivity index (χ0v) is 23.6. The van der Waals surface area contributed by atoms with Gasteiger partial charge in [0.1, 0.15) is 0 Å². The maximum Gasteiger partial charge on any atom is 0.254 e. The van der Waals surface area contributed by atoms with Gasteiger partial charge in [0, 0.05) is 29.4 Å². The van der Waals surface area contributed by atoms with Crippen LogP contribution in [0.1, 0.15) is 96.5 Å². The number of carbonyl (C=O) groups is 2. The van der Waals surface area contributed by atoms with Crippen molar-refractivity contribution in [2.45, 2.75) is 92.3 Å². The Kier molecular flexibility index (Phi) is 7.01. The van der Waals surface area contributed by atoms with Crippen LogP contribution in [0.5, 0.6) is 0 Å². The average Bonchev–Trinajstić information content (AvgIpc) is 3.14. The number of nitrogens with one attached hydrogen (secondary N) is 2. The van der Waals surface area contributed by atoms with Gasteiger partial charge in [-0.1, -0.05) is 18.6 Å². The van der Waals surface area contributed by atoms with E-state index in [1.807, 2.05) is 37.6 Å². The molecule has 2 amide bonds. The van der Waals surface area contributed by atoms with Crippen molar-refractivity contribution in [3.8, 4) is 0 Å². The van der Waals surface area contributed by atoms with E-state index in [0.717, 1.165) is 40.0 Å². The number of allylic oxidation sites excluding steroid dienone is 1. The first-order valence-electron chi connectivity index (χ1n) is 13.2. The van der Waals surface area contributed by atoms with Gasteiger partial charge in [0.05, 0.1) is 28.3 Å². The van der Waals surface area contributed by atoms with Gasteiger partial charge in [0.2, 0.25) is 0 Å². The molecule has 0 saturated heterocycles. The summed E-state index contributed by atoms with van der Waals surface area (Å²) in [6.45, 7) is 18.8. The maximum atomic E-state index is 13.7. The van der Waals surface area contributed by atoms with E-state index in [9.17, 15) is 9.59 Å². The van der Waals surface area contributed by atoms with Gasteiger partial charge < -0.3 is 10.6 Å². The molecule has 0 radical (unpaired) electrons. The molecule has 2 aromatic heterocycles.